The molecule has 19 heavy (non-hydrogen) atoms. The van der Waals surface area contributed by atoms with Crippen molar-refractivity contribution in [2.24, 2.45) is 0 Å². The zero-order chi connectivity index (χ0) is 14.0. The molecule has 1 aliphatic heterocycles. The van der Waals surface area contributed by atoms with E-state index >= 15 is 0 Å². The van der Waals surface area contributed by atoms with Gasteiger partial charge in [-0.15, -0.1) is 0 Å². The van der Waals surface area contributed by atoms with Crippen LogP contribution in [0.2, 0.25) is 0 Å². The standard InChI is InChI=1S/C12H13FN2O3S/c1-9-2-3-12(11(13)6-9)19(16,17)15-4-5-18-8-10(15)7-14/h2-3,6,10H,4-5,8H2,1H3/t10-/m1/s1. The molecule has 7 heteroatoms. The molecule has 1 fully saturated rings. The SMILES string of the molecule is Cc1ccc(S(=O)(=O)N2CCOC[C@H]2C#N)c(F)c1. The highest BCUT2D eigenvalue weighted by molar-refractivity contribution is 7.89. The van der Waals surface area contributed by atoms with Crippen molar-refractivity contribution in [3.05, 3.63) is 29.6 Å². The molecular formula is C12H13FN2O3S. The molecule has 1 aliphatic rings. The van der Waals surface area contributed by atoms with Crippen LogP contribution in [0.4, 0.5) is 4.39 Å². The zero-order valence-corrected chi connectivity index (χ0v) is 11.2. The van der Waals surface area contributed by atoms with Crippen molar-refractivity contribution in [3.63, 3.8) is 0 Å². The highest BCUT2D eigenvalue weighted by Crippen LogP contribution is 2.23. The Kier molecular flexibility index (Phi) is 3.85. The van der Waals surface area contributed by atoms with Crippen LogP contribution >= 0.6 is 0 Å². The average molecular weight is 284 g/mol. The topological polar surface area (TPSA) is 70.4 Å². The number of morpholine rings is 1. The molecule has 1 saturated heterocycles. The summed E-state index contributed by atoms with van der Waals surface area (Å²) < 4.78 is 44.6. The number of nitrogens with zero attached hydrogens (tertiary/aromatic N) is 2. The van der Waals surface area contributed by atoms with Crippen LogP contribution in [-0.2, 0) is 14.8 Å². The number of hydrogen-bond acceptors (Lipinski definition) is 4. The maximum Gasteiger partial charge on any atom is 0.247 e. The molecule has 2 rings (SSSR count). The van der Waals surface area contributed by atoms with Gasteiger partial charge >= 0.3 is 0 Å². The van der Waals surface area contributed by atoms with Gasteiger partial charge in [0, 0.05) is 6.54 Å². The summed E-state index contributed by atoms with van der Waals surface area (Å²) in [4.78, 5) is -0.403. The molecular weight excluding hydrogens is 271 g/mol. The number of sulfonamides is 1. The van der Waals surface area contributed by atoms with Crippen LogP contribution < -0.4 is 0 Å². The number of ether oxygens (including phenoxy) is 1. The van der Waals surface area contributed by atoms with Crippen LogP contribution in [0, 0.1) is 24.1 Å². The third-order valence-electron chi connectivity index (χ3n) is 2.90. The molecule has 0 bridgehead atoms. The molecule has 1 aromatic rings. The van der Waals surface area contributed by atoms with Gasteiger partial charge in [-0.1, -0.05) is 6.07 Å². The van der Waals surface area contributed by atoms with Crippen LogP contribution in [0.1, 0.15) is 5.56 Å². The van der Waals surface area contributed by atoms with E-state index in [0.717, 1.165) is 10.4 Å². The number of halogens is 1. The van der Waals surface area contributed by atoms with E-state index in [1.165, 1.54) is 12.1 Å². The molecule has 0 amide bonds. The highest BCUT2D eigenvalue weighted by Gasteiger charge is 2.35. The van der Waals surface area contributed by atoms with Gasteiger partial charge in [0.25, 0.3) is 0 Å². The van der Waals surface area contributed by atoms with Crippen LogP contribution in [0.15, 0.2) is 23.1 Å². The highest BCUT2D eigenvalue weighted by atomic mass is 32.2. The van der Waals surface area contributed by atoms with Gasteiger partial charge < -0.3 is 4.74 Å². The summed E-state index contributed by atoms with van der Waals surface area (Å²) in [6, 6.07) is 4.86. The second kappa shape index (κ2) is 5.25. The maximum absolute atomic E-state index is 13.8. The van der Waals surface area contributed by atoms with E-state index in [4.69, 9.17) is 10.00 Å². The second-order valence-electron chi connectivity index (χ2n) is 4.27. The summed E-state index contributed by atoms with van der Waals surface area (Å²) in [6.07, 6.45) is 0. The number of nitriles is 1. The molecule has 1 heterocycles. The van der Waals surface area contributed by atoms with E-state index in [1.807, 2.05) is 6.07 Å². The quantitative estimate of drug-likeness (QED) is 0.814. The van der Waals surface area contributed by atoms with Crippen molar-refractivity contribution >= 4 is 10.0 Å². The summed E-state index contributed by atoms with van der Waals surface area (Å²) in [5.74, 6) is -0.803. The monoisotopic (exact) mass is 284 g/mol. The Labute approximate surface area is 111 Å². The lowest BCUT2D eigenvalue weighted by Gasteiger charge is -2.30. The van der Waals surface area contributed by atoms with Crippen molar-refractivity contribution in [1.82, 2.24) is 4.31 Å². The van der Waals surface area contributed by atoms with Crippen molar-refractivity contribution in [1.29, 1.82) is 5.26 Å². The minimum absolute atomic E-state index is 0.00318. The summed E-state index contributed by atoms with van der Waals surface area (Å²) in [5.41, 5.74) is 0.635. The van der Waals surface area contributed by atoms with Crippen LogP contribution in [0.3, 0.4) is 0 Å². The molecule has 0 N–H and O–H groups in total. The maximum atomic E-state index is 13.8. The van der Waals surface area contributed by atoms with Crippen molar-refractivity contribution in [3.8, 4) is 6.07 Å². The van der Waals surface area contributed by atoms with Gasteiger partial charge in [-0.3, -0.25) is 0 Å². The fourth-order valence-corrected chi connectivity index (χ4v) is 3.48. The van der Waals surface area contributed by atoms with Crippen molar-refractivity contribution in [2.45, 2.75) is 17.9 Å². The molecule has 0 aromatic heterocycles. The van der Waals surface area contributed by atoms with Gasteiger partial charge in [-0.2, -0.15) is 9.57 Å². The van der Waals surface area contributed by atoms with E-state index in [9.17, 15) is 12.8 Å². The van der Waals surface area contributed by atoms with Crippen molar-refractivity contribution in [2.75, 3.05) is 19.8 Å². The average Bonchev–Trinajstić information content (AvgIpc) is 2.38. The smallest absolute Gasteiger partial charge is 0.247 e. The van der Waals surface area contributed by atoms with E-state index in [1.54, 1.807) is 6.92 Å². The first-order valence-corrected chi connectivity index (χ1v) is 7.16. The van der Waals surface area contributed by atoms with Gasteiger partial charge in [0.2, 0.25) is 10.0 Å². The summed E-state index contributed by atoms with van der Waals surface area (Å²) in [5, 5.41) is 8.96. The minimum Gasteiger partial charge on any atom is -0.377 e. The van der Waals surface area contributed by atoms with Crippen LogP contribution in [-0.4, -0.2) is 38.5 Å². The molecule has 0 aliphatic carbocycles. The number of benzene rings is 1. The Hall–Kier alpha value is -1.49. The molecule has 0 unspecified atom stereocenters. The Bertz CT molecular complexity index is 624. The summed E-state index contributed by atoms with van der Waals surface area (Å²) >= 11 is 0. The molecule has 5 nitrogen and oxygen atoms in total. The van der Waals surface area contributed by atoms with Gasteiger partial charge in [0.15, 0.2) is 0 Å². The molecule has 102 valence electrons. The lowest BCUT2D eigenvalue weighted by Crippen LogP contribution is -2.48. The zero-order valence-electron chi connectivity index (χ0n) is 10.3. The predicted molar refractivity (Wildman–Crippen MR) is 65.2 cm³/mol. The third kappa shape index (κ3) is 2.61. The lowest BCUT2D eigenvalue weighted by atomic mass is 10.2. The first kappa shape index (κ1) is 13.9. The third-order valence-corrected chi connectivity index (χ3v) is 4.84. The fraction of sp³-hybridized carbons (Fsp3) is 0.417. The van der Waals surface area contributed by atoms with Gasteiger partial charge in [0.05, 0.1) is 19.3 Å². The van der Waals surface area contributed by atoms with E-state index < -0.39 is 26.8 Å². The predicted octanol–water partition coefficient (Wildman–Crippen LogP) is 1.05. The number of rotatable bonds is 2. The van der Waals surface area contributed by atoms with Gasteiger partial charge in [0.1, 0.15) is 16.8 Å². The van der Waals surface area contributed by atoms with Crippen molar-refractivity contribution < 1.29 is 17.5 Å². The first-order valence-electron chi connectivity index (χ1n) is 5.72. The Balaban J connectivity index is 2.44. The Morgan fingerprint density at radius 3 is 2.89 bits per heavy atom. The normalized spacial score (nSPS) is 21.0. The Morgan fingerprint density at radius 1 is 1.53 bits per heavy atom. The molecule has 0 saturated carbocycles. The molecule has 1 atom stereocenters. The Morgan fingerprint density at radius 2 is 2.26 bits per heavy atom. The van der Waals surface area contributed by atoms with Crippen LogP contribution in [0.5, 0.6) is 0 Å². The van der Waals surface area contributed by atoms with Gasteiger partial charge in [-0.25, -0.2) is 12.8 Å². The largest absolute Gasteiger partial charge is 0.377 e. The lowest BCUT2D eigenvalue weighted by molar-refractivity contribution is 0.0510. The van der Waals surface area contributed by atoms with Crippen LogP contribution in [0.25, 0.3) is 0 Å². The molecule has 0 spiro atoms. The fourth-order valence-electron chi connectivity index (χ4n) is 1.92. The summed E-state index contributed by atoms with van der Waals surface area (Å²) in [6.45, 7) is 1.92. The second-order valence-corrected chi connectivity index (χ2v) is 6.13. The minimum atomic E-state index is -4.01. The van der Waals surface area contributed by atoms with E-state index in [0.29, 0.717) is 5.56 Å². The number of hydrogen-bond donors (Lipinski definition) is 0. The number of aryl methyl sites for hydroxylation is 1. The van der Waals surface area contributed by atoms with E-state index in [-0.39, 0.29) is 19.8 Å². The van der Waals surface area contributed by atoms with E-state index in [2.05, 4.69) is 0 Å². The molecule has 0 radical (unpaired) electrons. The van der Waals surface area contributed by atoms with Gasteiger partial charge in [-0.05, 0) is 24.6 Å². The molecule has 1 aromatic carbocycles. The first-order chi connectivity index (χ1) is 8.96. The summed E-state index contributed by atoms with van der Waals surface area (Å²) in [7, 11) is -4.01.